The van der Waals surface area contributed by atoms with Crippen molar-refractivity contribution in [2.45, 2.75) is 18.4 Å². The van der Waals surface area contributed by atoms with E-state index in [2.05, 4.69) is 0 Å². The van der Waals surface area contributed by atoms with Gasteiger partial charge in [-0.1, -0.05) is 11.8 Å². The number of rotatable bonds is 5. The summed E-state index contributed by atoms with van der Waals surface area (Å²) in [5.74, 6) is 0.549. The first-order chi connectivity index (χ1) is 6.33. The highest BCUT2D eigenvalue weighted by molar-refractivity contribution is 7.99. The fourth-order valence-corrected chi connectivity index (χ4v) is 1.58. The summed E-state index contributed by atoms with van der Waals surface area (Å²) in [6, 6.07) is 3.70. The van der Waals surface area contributed by atoms with Crippen molar-refractivity contribution in [3.05, 3.63) is 18.4 Å². The average molecular weight is 200 g/mol. The molecule has 4 heteroatoms. The number of carbonyl (C=O) groups excluding carboxylic acids is 1. The van der Waals surface area contributed by atoms with Crippen LogP contribution in [0.4, 0.5) is 0 Å². The molecular weight excluding hydrogens is 188 g/mol. The van der Waals surface area contributed by atoms with Crippen LogP contribution in [0.5, 0.6) is 0 Å². The Hall–Kier alpha value is -0.900. The van der Waals surface area contributed by atoms with E-state index in [4.69, 9.17) is 9.15 Å². The third-order valence-electron chi connectivity index (χ3n) is 1.35. The van der Waals surface area contributed by atoms with Crippen molar-refractivity contribution in [2.75, 3.05) is 12.4 Å². The molecule has 0 radical (unpaired) electrons. The van der Waals surface area contributed by atoms with Gasteiger partial charge in [-0.15, -0.1) is 0 Å². The number of furan rings is 1. The van der Waals surface area contributed by atoms with E-state index >= 15 is 0 Å². The third kappa shape index (κ3) is 4.03. The van der Waals surface area contributed by atoms with Gasteiger partial charge in [0.05, 0.1) is 19.3 Å². The molecule has 3 nitrogen and oxygen atoms in total. The Kier molecular flexibility index (Phi) is 4.46. The lowest BCUT2D eigenvalue weighted by atomic mass is 10.5. The minimum absolute atomic E-state index is 0.151. The molecule has 1 aromatic rings. The normalized spacial score (nSPS) is 9.92. The SMILES string of the molecule is CCOC(=O)CCSc1ccco1. The van der Waals surface area contributed by atoms with Crippen LogP contribution in [0.25, 0.3) is 0 Å². The average Bonchev–Trinajstić information content (AvgIpc) is 2.57. The Morgan fingerprint density at radius 3 is 3.15 bits per heavy atom. The van der Waals surface area contributed by atoms with Gasteiger partial charge in [0.25, 0.3) is 0 Å². The van der Waals surface area contributed by atoms with Gasteiger partial charge >= 0.3 is 5.97 Å². The minimum Gasteiger partial charge on any atom is -0.466 e. The number of thioether (sulfide) groups is 1. The van der Waals surface area contributed by atoms with Crippen LogP contribution in [0.15, 0.2) is 27.9 Å². The summed E-state index contributed by atoms with van der Waals surface area (Å²) in [5, 5.41) is 0.837. The maximum Gasteiger partial charge on any atom is 0.306 e. The molecule has 0 unspecified atom stereocenters. The predicted molar refractivity (Wildman–Crippen MR) is 50.7 cm³/mol. The quantitative estimate of drug-likeness (QED) is 0.540. The fourth-order valence-electron chi connectivity index (χ4n) is 0.814. The molecule has 0 aliphatic rings. The van der Waals surface area contributed by atoms with Crippen molar-refractivity contribution in [3.63, 3.8) is 0 Å². The van der Waals surface area contributed by atoms with Crippen LogP contribution in [0.2, 0.25) is 0 Å². The molecule has 0 fully saturated rings. The summed E-state index contributed by atoms with van der Waals surface area (Å²) in [6.45, 7) is 2.25. The van der Waals surface area contributed by atoms with Crippen LogP contribution in [0.3, 0.4) is 0 Å². The van der Waals surface area contributed by atoms with Gasteiger partial charge < -0.3 is 9.15 Å². The molecule has 0 bridgehead atoms. The lowest BCUT2D eigenvalue weighted by Gasteiger charge is -1.99. The Morgan fingerprint density at radius 1 is 1.69 bits per heavy atom. The predicted octanol–water partition coefficient (Wildman–Crippen LogP) is 2.32. The van der Waals surface area contributed by atoms with Gasteiger partial charge in [-0.25, -0.2) is 0 Å². The molecule has 1 heterocycles. The Bertz CT molecular complexity index is 243. The summed E-state index contributed by atoms with van der Waals surface area (Å²) in [4.78, 5) is 10.9. The zero-order chi connectivity index (χ0) is 9.52. The summed E-state index contributed by atoms with van der Waals surface area (Å²) in [5.41, 5.74) is 0. The topological polar surface area (TPSA) is 39.4 Å². The van der Waals surface area contributed by atoms with E-state index in [-0.39, 0.29) is 5.97 Å². The van der Waals surface area contributed by atoms with Crippen LogP contribution in [0, 0.1) is 0 Å². The standard InChI is InChI=1S/C9H12O3S/c1-2-11-8(10)5-7-13-9-4-3-6-12-9/h3-4,6H,2,5,7H2,1H3. The maximum atomic E-state index is 10.9. The van der Waals surface area contributed by atoms with Gasteiger partial charge in [-0.2, -0.15) is 0 Å². The molecule has 0 spiro atoms. The fraction of sp³-hybridized carbons (Fsp3) is 0.444. The zero-order valence-corrected chi connectivity index (χ0v) is 8.30. The Morgan fingerprint density at radius 2 is 2.54 bits per heavy atom. The molecule has 0 aliphatic carbocycles. The number of hydrogen-bond acceptors (Lipinski definition) is 4. The van der Waals surface area contributed by atoms with E-state index in [0.717, 1.165) is 5.09 Å². The van der Waals surface area contributed by atoms with Gasteiger partial charge in [-0.05, 0) is 19.1 Å². The molecule has 0 N–H and O–H groups in total. The van der Waals surface area contributed by atoms with E-state index in [1.54, 1.807) is 13.2 Å². The van der Waals surface area contributed by atoms with Crippen molar-refractivity contribution in [3.8, 4) is 0 Å². The molecule has 1 aromatic heterocycles. The van der Waals surface area contributed by atoms with Gasteiger partial charge in [0, 0.05) is 5.75 Å². The van der Waals surface area contributed by atoms with Crippen molar-refractivity contribution < 1.29 is 13.9 Å². The molecule has 72 valence electrons. The third-order valence-corrected chi connectivity index (χ3v) is 2.28. The minimum atomic E-state index is -0.151. The molecule has 0 amide bonds. The second kappa shape index (κ2) is 5.70. The number of carbonyl (C=O) groups is 1. The highest BCUT2D eigenvalue weighted by Crippen LogP contribution is 2.18. The van der Waals surface area contributed by atoms with Crippen LogP contribution in [-0.4, -0.2) is 18.3 Å². The second-order valence-corrected chi connectivity index (χ2v) is 3.43. The summed E-state index contributed by atoms with van der Waals surface area (Å²) in [7, 11) is 0. The highest BCUT2D eigenvalue weighted by Gasteiger charge is 2.02. The summed E-state index contributed by atoms with van der Waals surface area (Å²) in [6.07, 6.45) is 2.05. The van der Waals surface area contributed by atoms with E-state index in [1.165, 1.54) is 11.8 Å². The molecule has 0 saturated heterocycles. The van der Waals surface area contributed by atoms with Crippen LogP contribution >= 0.6 is 11.8 Å². The zero-order valence-electron chi connectivity index (χ0n) is 7.49. The van der Waals surface area contributed by atoms with E-state index in [9.17, 15) is 4.79 Å². The van der Waals surface area contributed by atoms with Crippen LogP contribution in [-0.2, 0) is 9.53 Å². The van der Waals surface area contributed by atoms with Crippen LogP contribution < -0.4 is 0 Å². The summed E-state index contributed by atoms with van der Waals surface area (Å²) < 4.78 is 9.86. The van der Waals surface area contributed by atoms with Crippen molar-refractivity contribution in [1.82, 2.24) is 0 Å². The molecule has 13 heavy (non-hydrogen) atoms. The summed E-state index contributed by atoms with van der Waals surface area (Å²) >= 11 is 1.51. The van der Waals surface area contributed by atoms with Gasteiger partial charge in [-0.3, -0.25) is 4.79 Å². The van der Waals surface area contributed by atoms with Gasteiger partial charge in [0.2, 0.25) is 0 Å². The maximum absolute atomic E-state index is 10.9. The Labute approximate surface area is 81.4 Å². The molecule has 0 saturated carbocycles. The first kappa shape index (κ1) is 10.2. The number of ether oxygens (including phenoxy) is 1. The van der Waals surface area contributed by atoms with Gasteiger partial charge in [0.15, 0.2) is 5.09 Å². The molecular formula is C9H12O3S. The van der Waals surface area contributed by atoms with Crippen molar-refractivity contribution >= 4 is 17.7 Å². The van der Waals surface area contributed by atoms with Crippen molar-refractivity contribution in [2.24, 2.45) is 0 Å². The van der Waals surface area contributed by atoms with E-state index < -0.39 is 0 Å². The lowest BCUT2D eigenvalue weighted by Crippen LogP contribution is -2.04. The van der Waals surface area contributed by atoms with Crippen molar-refractivity contribution in [1.29, 1.82) is 0 Å². The smallest absolute Gasteiger partial charge is 0.306 e. The highest BCUT2D eigenvalue weighted by atomic mass is 32.2. The van der Waals surface area contributed by atoms with E-state index in [0.29, 0.717) is 18.8 Å². The lowest BCUT2D eigenvalue weighted by molar-refractivity contribution is -0.142. The number of esters is 1. The largest absolute Gasteiger partial charge is 0.466 e. The van der Waals surface area contributed by atoms with Crippen LogP contribution in [0.1, 0.15) is 13.3 Å². The second-order valence-electron chi connectivity index (χ2n) is 2.34. The molecule has 0 aromatic carbocycles. The monoisotopic (exact) mass is 200 g/mol. The van der Waals surface area contributed by atoms with Gasteiger partial charge in [0.1, 0.15) is 0 Å². The molecule has 0 atom stereocenters. The molecule has 1 rings (SSSR count). The Balaban J connectivity index is 2.11. The first-order valence-corrected chi connectivity index (χ1v) is 5.13. The number of hydrogen-bond donors (Lipinski definition) is 0. The first-order valence-electron chi connectivity index (χ1n) is 4.15. The molecule has 0 aliphatic heterocycles. The van der Waals surface area contributed by atoms with E-state index in [1.807, 2.05) is 12.1 Å².